The first-order valence-corrected chi connectivity index (χ1v) is 10.4. The molecule has 0 aromatic carbocycles. The Bertz CT molecular complexity index is 470. The summed E-state index contributed by atoms with van der Waals surface area (Å²) in [6, 6.07) is -0.381. The maximum atomic E-state index is 11.1. The van der Waals surface area contributed by atoms with Crippen LogP contribution in [0.25, 0.3) is 0 Å². The highest BCUT2D eigenvalue weighted by Gasteiger charge is 2.32. The Morgan fingerprint density at radius 3 is 1.34 bits per heavy atom. The third kappa shape index (κ3) is 10.1. The van der Waals surface area contributed by atoms with Crippen LogP contribution in [0.2, 0.25) is 0 Å². The molecule has 8 atom stereocenters. The zero-order valence-corrected chi connectivity index (χ0v) is 19.5. The normalized spacial score (nSPS) is 19.8. The number of Topliss-reactive ketones (excluding diaryl/α,β-unsaturated/α-hetero) is 2. The van der Waals surface area contributed by atoms with Gasteiger partial charge in [-0.25, -0.2) is 0 Å². The lowest BCUT2D eigenvalue weighted by molar-refractivity contribution is -0.128. The summed E-state index contributed by atoms with van der Waals surface area (Å²) in [5, 5.41) is 45.0. The minimum absolute atomic E-state index is 0.109. The molecule has 174 valence electrons. The van der Waals surface area contributed by atoms with E-state index in [1.54, 1.807) is 27.9 Å². The van der Waals surface area contributed by atoms with Gasteiger partial charge >= 0.3 is 0 Å². The standard InChI is InChI=1S/C11H23NO3.C10H21NO3/c1-6(2)9(12-5)11(15)10(14)7(3)8(4)13;1-5-8(11-4)10(14)9(13)6(2)7(3)12/h6-7,9-12,14-15H,1-5H3;6,8-11,13-14H,5H2,1-4H3. The molecule has 8 heteroatoms. The van der Waals surface area contributed by atoms with Crippen LogP contribution in [-0.2, 0) is 9.59 Å². The van der Waals surface area contributed by atoms with Crippen LogP contribution in [-0.4, -0.2) is 82.6 Å². The van der Waals surface area contributed by atoms with Crippen molar-refractivity contribution in [3.05, 3.63) is 0 Å². The van der Waals surface area contributed by atoms with Crippen molar-refractivity contribution in [1.29, 1.82) is 0 Å². The lowest BCUT2D eigenvalue weighted by Crippen LogP contribution is -2.50. The second kappa shape index (κ2) is 15.0. The number of hydrogen-bond donors (Lipinski definition) is 6. The Balaban J connectivity index is 0. The molecule has 6 N–H and O–H groups in total. The van der Waals surface area contributed by atoms with Crippen LogP contribution in [0.1, 0.15) is 54.9 Å². The summed E-state index contributed by atoms with van der Waals surface area (Å²) in [6.45, 7) is 11.9. The van der Waals surface area contributed by atoms with E-state index in [9.17, 15) is 30.0 Å². The SMILES string of the molecule is CCC(NC)C(O)C(O)C(C)C(C)=O.CNC(C(C)C)C(O)C(O)C(C)C(C)=O. The van der Waals surface area contributed by atoms with E-state index in [2.05, 4.69) is 10.6 Å². The smallest absolute Gasteiger partial charge is 0.135 e. The third-order valence-electron chi connectivity index (χ3n) is 5.65. The van der Waals surface area contributed by atoms with Gasteiger partial charge in [-0.1, -0.05) is 34.6 Å². The maximum Gasteiger partial charge on any atom is 0.135 e. The molecule has 0 aromatic rings. The molecule has 0 aliphatic carbocycles. The highest BCUT2D eigenvalue weighted by atomic mass is 16.3. The van der Waals surface area contributed by atoms with Crippen LogP contribution in [0, 0.1) is 17.8 Å². The van der Waals surface area contributed by atoms with Gasteiger partial charge < -0.3 is 31.1 Å². The maximum absolute atomic E-state index is 11.1. The van der Waals surface area contributed by atoms with Crippen molar-refractivity contribution in [3.63, 3.8) is 0 Å². The zero-order valence-electron chi connectivity index (χ0n) is 19.5. The number of nitrogens with one attached hydrogen (secondary N) is 2. The molecule has 0 fully saturated rings. The molecular formula is C21H44N2O6. The molecule has 8 nitrogen and oxygen atoms in total. The second-order valence-electron chi connectivity index (χ2n) is 8.12. The van der Waals surface area contributed by atoms with Crippen LogP contribution in [0.3, 0.4) is 0 Å². The molecule has 0 aliphatic rings. The Kier molecular flexibility index (Phi) is 15.7. The van der Waals surface area contributed by atoms with Gasteiger partial charge in [0.1, 0.15) is 11.6 Å². The van der Waals surface area contributed by atoms with Crippen LogP contribution in [0.5, 0.6) is 0 Å². The molecule has 0 saturated carbocycles. The fourth-order valence-corrected chi connectivity index (χ4v) is 3.04. The number of hydrogen-bond acceptors (Lipinski definition) is 8. The van der Waals surface area contributed by atoms with Crippen molar-refractivity contribution in [3.8, 4) is 0 Å². The number of rotatable bonds is 12. The number of carbonyl (C=O) groups is 2. The van der Waals surface area contributed by atoms with E-state index < -0.39 is 36.3 Å². The predicted octanol–water partition coefficient (Wildman–Crippen LogP) is 0.109. The van der Waals surface area contributed by atoms with E-state index in [0.29, 0.717) is 6.42 Å². The van der Waals surface area contributed by atoms with Crippen molar-refractivity contribution in [2.45, 2.75) is 91.4 Å². The summed E-state index contributed by atoms with van der Waals surface area (Å²) in [5.74, 6) is -1.08. The first kappa shape index (κ1) is 30.3. The molecule has 29 heavy (non-hydrogen) atoms. The molecule has 8 unspecified atom stereocenters. The summed E-state index contributed by atoms with van der Waals surface area (Å²) in [4.78, 5) is 22.1. The third-order valence-corrected chi connectivity index (χ3v) is 5.65. The van der Waals surface area contributed by atoms with E-state index in [1.807, 2.05) is 20.8 Å². The van der Waals surface area contributed by atoms with Gasteiger partial charge in [-0.3, -0.25) is 9.59 Å². The van der Waals surface area contributed by atoms with Gasteiger partial charge in [-0.2, -0.15) is 0 Å². The Morgan fingerprint density at radius 2 is 1.10 bits per heavy atom. The van der Waals surface area contributed by atoms with Gasteiger partial charge in [-0.15, -0.1) is 0 Å². The van der Waals surface area contributed by atoms with Gasteiger partial charge in [0.2, 0.25) is 0 Å². The van der Waals surface area contributed by atoms with Crippen LogP contribution >= 0.6 is 0 Å². The van der Waals surface area contributed by atoms with E-state index in [-0.39, 0.29) is 29.6 Å². The van der Waals surface area contributed by atoms with Crippen molar-refractivity contribution < 1.29 is 30.0 Å². The van der Waals surface area contributed by atoms with Crippen molar-refractivity contribution in [1.82, 2.24) is 10.6 Å². The number of aliphatic hydroxyl groups excluding tert-OH is 4. The van der Waals surface area contributed by atoms with Gasteiger partial charge in [0, 0.05) is 23.9 Å². The van der Waals surface area contributed by atoms with E-state index >= 15 is 0 Å². The Morgan fingerprint density at radius 1 is 0.724 bits per heavy atom. The molecule has 0 radical (unpaired) electrons. The fourth-order valence-electron chi connectivity index (χ4n) is 3.04. The van der Waals surface area contributed by atoms with Crippen molar-refractivity contribution in [2.75, 3.05) is 14.1 Å². The Labute approximate surface area is 176 Å². The highest BCUT2D eigenvalue weighted by Crippen LogP contribution is 2.16. The van der Waals surface area contributed by atoms with Crippen LogP contribution in [0.15, 0.2) is 0 Å². The van der Waals surface area contributed by atoms with Gasteiger partial charge in [-0.05, 0) is 40.3 Å². The molecule has 0 heterocycles. The van der Waals surface area contributed by atoms with Crippen molar-refractivity contribution in [2.24, 2.45) is 17.8 Å². The largest absolute Gasteiger partial charge is 0.390 e. The number of aliphatic hydroxyl groups is 4. The molecule has 0 rings (SSSR count). The quantitative estimate of drug-likeness (QED) is 0.261. The molecule has 0 amide bonds. The van der Waals surface area contributed by atoms with Gasteiger partial charge in [0.25, 0.3) is 0 Å². The van der Waals surface area contributed by atoms with Crippen molar-refractivity contribution >= 4 is 11.6 Å². The topological polar surface area (TPSA) is 139 Å². The lowest BCUT2D eigenvalue weighted by Gasteiger charge is -2.31. The minimum Gasteiger partial charge on any atom is -0.390 e. The second-order valence-corrected chi connectivity index (χ2v) is 8.12. The molecule has 0 saturated heterocycles. The fraction of sp³-hybridized carbons (Fsp3) is 0.905. The van der Waals surface area contributed by atoms with E-state index in [1.165, 1.54) is 13.8 Å². The molecule has 0 bridgehead atoms. The highest BCUT2D eigenvalue weighted by molar-refractivity contribution is 5.78. The first-order chi connectivity index (χ1) is 13.3. The van der Waals surface area contributed by atoms with Gasteiger partial charge in [0.15, 0.2) is 0 Å². The first-order valence-electron chi connectivity index (χ1n) is 10.4. The van der Waals surface area contributed by atoms with Crippen LogP contribution in [0.4, 0.5) is 0 Å². The summed E-state index contributed by atoms with van der Waals surface area (Å²) in [7, 11) is 3.46. The van der Waals surface area contributed by atoms with E-state index in [0.717, 1.165) is 0 Å². The predicted molar refractivity (Wildman–Crippen MR) is 115 cm³/mol. The number of carbonyl (C=O) groups excluding carboxylic acids is 2. The minimum atomic E-state index is -1.01. The summed E-state index contributed by atoms with van der Waals surface area (Å²) in [5.41, 5.74) is 0. The molecule has 0 aliphatic heterocycles. The van der Waals surface area contributed by atoms with Gasteiger partial charge in [0.05, 0.1) is 24.4 Å². The molecule has 0 aromatic heterocycles. The molecular weight excluding hydrogens is 376 g/mol. The summed E-state index contributed by atoms with van der Waals surface area (Å²) < 4.78 is 0. The van der Waals surface area contributed by atoms with E-state index in [4.69, 9.17) is 0 Å². The van der Waals surface area contributed by atoms with Crippen LogP contribution < -0.4 is 10.6 Å². The average molecular weight is 421 g/mol. The summed E-state index contributed by atoms with van der Waals surface area (Å²) in [6.07, 6.45) is -3.12. The number of ketones is 2. The summed E-state index contributed by atoms with van der Waals surface area (Å²) >= 11 is 0. The molecule has 0 spiro atoms. The average Bonchev–Trinajstić information content (AvgIpc) is 2.66. The number of likely N-dealkylation sites (N-methyl/N-ethyl adjacent to an activating group) is 2. The monoisotopic (exact) mass is 420 g/mol. The lowest BCUT2D eigenvalue weighted by atomic mass is 9.88. The Hall–Kier alpha value is -0.900. The zero-order chi connectivity index (χ0) is 23.5.